The molecule has 0 spiro atoms. The highest BCUT2D eigenvalue weighted by atomic mass is 16.6. The maximum atomic E-state index is 12.9. The standard InChI is InChI=1S/C67H116O6/c1-4-7-10-13-16-19-22-25-28-31-33-36-39-42-45-48-51-54-57-60-66(69)72-63-64(62-71-65(68)59-56-53-50-47-44-41-38-35-30-27-24-21-18-15-12-9-6-3)73-67(70)61-58-55-52-49-46-43-40-37-34-32-29-26-23-20-17-14-11-8-5-2/h9,12,18,21,25-30,38,41,47,50,64H,4-8,10-11,13-17,19-20,22-24,31-37,39-40,42-46,48-49,51-63H2,1-3H3/b12-9-,21-18-,28-25-,29-26-,30-27-,41-38-,50-47-/t64-/m1/s1. The van der Waals surface area contributed by atoms with Gasteiger partial charge in [-0.2, -0.15) is 0 Å². The number of allylic oxidation sites excluding steroid dienone is 14. The molecule has 0 radical (unpaired) electrons. The average molecular weight is 1020 g/mol. The Balaban J connectivity index is 4.44. The van der Waals surface area contributed by atoms with Crippen molar-refractivity contribution >= 4 is 17.9 Å². The number of carbonyl (C=O) groups excluding carboxylic acids is 3. The summed E-state index contributed by atoms with van der Waals surface area (Å²) in [6.45, 7) is 6.50. The van der Waals surface area contributed by atoms with E-state index in [1.54, 1.807) is 0 Å². The molecule has 420 valence electrons. The van der Waals surface area contributed by atoms with Crippen molar-refractivity contribution in [3.05, 3.63) is 85.1 Å². The largest absolute Gasteiger partial charge is 0.462 e. The van der Waals surface area contributed by atoms with Crippen LogP contribution < -0.4 is 0 Å². The van der Waals surface area contributed by atoms with Crippen LogP contribution in [0, 0.1) is 0 Å². The van der Waals surface area contributed by atoms with E-state index in [2.05, 4.69) is 106 Å². The fourth-order valence-electron chi connectivity index (χ4n) is 8.70. The lowest BCUT2D eigenvalue weighted by atomic mass is 10.1. The van der Waals surface area contributed by atoms with Crippen LogP contribution in [0.25, 0.3) is 0 Å². The maximum Gasteiger partial charge on any atom is 0.306 e. The van der Waals surface area contributed by atoms with Gasteiger partial charge in [0.2, 0.25) is 0 Å². The van der Waals surface area contributed by atoms with Crippen molar-refractivity contribution in [2.24, 2.45) is 0 Å². The number of unbranched alkanes of at least 4 members (excludes halogenated alkanes) is 31. The Morgan fingerprint density at radius 3 is 0.904 bits per heavy atom. The van der Waals surface area contributed by atoms with Gasteiger partial charge in [-0.1, -0.05) is 260 Å². The minimum absolute atomic E-state index is 0.0950. The van der Waals surface area contributed by atoms with E-state index in [1.165, 1.54) is 180 Å². The Bertz CT molecular complexity index is 1400. The van der Waals surface area contributed by atoms with Gasteiger partial charge in [0.25, 0.3) is 0 Å². The lowest BCUT2D eigenvalue weighted by Crippen LogP contribution is -2.30. The third-order valence-electron chi connectivity index (χ3n) is 13.4. The van der Waals surface area contributed by atoms with Gasteiger partial charge < -0.3 is 14.2 Å². The fraction of sp³-hybridized carbons (Fsp3) is 0.746. The second-order valence-corrected chi connectivity index (χ2v) is 20.6. The molecule has 0 rings (SSSR count). The van der Waals surface area contributed by atoms with Crippen molar-refractivity contribution in [3.8, 4) is 0 Å². The molecule has 0 aromatic carbocycles. The Labute approximate surface area is 452 Å². The number of rotatable bonds is 56. The second-order valence-electron chi connectivity index (χ2n) is 20.6. The predicted molar refractivity (Wildman–Crippen MR) is 316 cm³/mol. The molecule has 0 saturated heterocycles. The summed E-state index contributed by atoms with van der Waals surface area (Å²) >= 11 is 0. The zero-order chi connectivity index (χ0) is 52.9. The smallest absolute Gasteiger partial charge is 0.306 e. The molecule has 1 atom stereocenters. The summed E-state index contributed by atoms with van der Waals surface area (Å²) in [4.78, 5) is 38.3. The van der Waals surface area contributed by atoms with Crippen molar-refractivity contribution in [1.29, 1.82) is 0 Å². The van der Waals surface area contributed by atoms with Crippen LogP contribution in [0.3, 0.4) is 0 Å². The van der Waals surface area contributed by atoms with Gasteiger partial charge in [-0.25, -0.2) is 0 Å². The molecule has 0 amide bonds. The van der Waals surface area contributed by atoms with Crippen LogP contribution >= 0.6 is 0 Å². The molecule has 0 N–H and O–H groups in total. The van der Waals surface area contributed by atoms with Crippen LogP contribution in [0.1, 0.15) is 303 Å². The first-order valence-electron chi connectivity index (χ1n) is 31.1. The number of hydrogen-bond acceptors (Lipinski definition) is 6. The Hall–Kier alpha value is -3.41. The van der Waals surface area contributed by atoms with Crippen LogP contribution in [0.15, 0.2) is 85.1 Å². The van der Waals surface area contributed by atoms with Crippen molar-refractivity contribution in [1.82, 2.24) is 0 Å². The molecule has 0 aromatic rings. The molecule has 0 aliphatic rings. The van der Waals surface area contributed by atoms with Crippen molar-refractivity contribution in [3.63, 3.8) is 0 Å². The highest BCUT2D eigenvalue weighted by molar-refractivity contribution is 5.71. The maximum absolute atomic E-state index is 12.9. The molecule has 0 aliphatic heterocycles. The molecule has 6 nitrogen and oxygen atoms in total. The molecule has 0 heterocycles. The topological polar surface area (TPSA) is 78.9 Å². The van der Waals surface area contributed by atoms with Gasteiger partial charge in [-0.3, -0.25) is 14.4 Å². The van der Waals surface area contributed by atoms with Gasteiger partial charge in [-0.15, -0.1) is 0 Å². The van der Waals surface area contributed by atoms with Crippen molar-refractivity contribution in [2.45, 2.75) is 309 Å². The van der Waals surface area contributed by atoms with E-state index in [0.29, 0.717) is 19.3 Å². The monoisotopic (exact) mass is 1020 g/mol. The molecule has 0 unspecified atom stereocenters. The SMILES string of the molecule is CC/C=C\C/C=C\C/C=C\C/C=C\C/C=C\CCCC(=O)OC[C@H](COC(=O)CCCCCCCCCCC/C=C\CCCCCCCC)OC(=O)CCCCCCCCCCC/C=C\CCCCCCCC. The number of ether oxygens (including phenoxy) is 3. The zero-order valence-electron chi connectivity index (χ0n) is 48.1. The molecule has 0 fully saturated rings. The summed E-state index contributed by atoms with van der Waals surface area (Å²) in [5, 5.41) is 0. The lowest BCUT2D eigenvalue weighted by molar-refractivity contribution is -0.167. The van der Waals surface area contributed by atoms with E-state index in [9.17, 15) is 14.4 Å². The van der Waals surface area contributed by atoms with E-state index >= 15 is 0 Å². The molecule has 0 aromatic heterocycles. The number of esters is 3. The predicted octanol–water partition coefficient (Wildman–Crippen LogP) is 21.1. The van der Waals surface area contributed by atoms with Crippen LogP contribution in [-0.4, -0.2) is 37.2 Å². The van der Waals surface area contributed by atoms with E-state index in [-0.39, 0.29) is 37.5 Å². The van der Waals surface area contributed by atoms with Crippen LogP contribution in [0.5, 0.6) is 0 Å². The Kier molecular flexibility index (Phi) is 58.3. The molecular weight excluding hydrogens is 901 g/mol. The summed E-state index contributed by atoms with van der Waals surface area (Å²) in [7, 11) is 0. The number of carbonyl (C=O) groups is 3. The van der Waals surface area contributed by atoms with Gasteiger partial charge in [0.05, 0.1) is 0 Å². The molecular formula is C67H116O6. The quantitative estimate of drug-likeness (QED) is 0.0261. The second kappa shape index (κ2) is 61.1. The molecule has 0 bridgehead atoms. The van der Waals surface area contributed by atoms with Crippen LogP contribution in [0.2, 0.25) is 0 Å². The summed E-state index contributed by atoms with van der Waals surface area (Å²) < 4.78 is 16.9. The minimum Gasteiger partial charge on any atom is -0.462 e. The van der Waals surface area contributed by atoms with E-state index < -0.39 is 6.10 Å². The third-order valence-corrected chi connectivity index (χ3v) is 13.4. The van der Waals surface area contributed by atoms with Gasteiger partial charge >= 0.3 is 17.9 Å². The first-order valence-corrected chi connectivity index (χ1v) is 31.1. The summed E-state index contributed by atoms with van der Waals surface area (Å²) in [6.07, 6.45) is 80.1. The normalized spacial score (nSPS) is 12.6. The van der Waals surface area contributed by atoms with Crippen molar-refractivity contribution < 1.29 is 28.6 Å². The fourth-order valence-corrected chi connectivity index (χ4v) is 8.70. The van der Waals surface area contributed by atoms with Gasteiger partial charge in [0.1, 0.15) is 13.2 Å². The third kappa shape index (κ3) is 59.3. The first kappa shape index (κ1) is 69.6. The summed E-state index contributed by atoms with van der Waals surface area (Å²) in [6, 6.07) is 0. The van der Waals surface area contributed by atoms with Gasteiger partial charge in [0, 0.05) is 19.3 Å². The average Bonchev–Trinajstić information content (AvgIpc) is 3.39. The highest BCUT2D eigenvalue weighted by Crippen LogP contribution is 2.16. The Morgan fingerprint density at radius 2 is 0.548 bits per heavy atom. The molecule has 0 saturated carbocycles. The highest BCUT2D eigenvalue weighted by Gasteiger charge is 2.19. The van der Waals surface area contributed by atoms with E-state index in [4.69, 9.17) is 14.2 Å². The van der Waals surface area contributed by atoms with Crippen LogP contribution in [0.4, 0.5) is 0 Å². The number of hydrogen-bond donors (Lipinski definition) is 0. The first-order chi connectivity index (χ1) is 36.0. The molecule has 0 aliphatic carbocycles. The van der Waals surface area contributed by atoms with Crippen LogP contribution in [-0.2, 0) is 28.6 Å². The van der Waals surface area contributed by atoms with E-state index in [0.717, 1.165) is 77.0 Å². The Morgan fingerprint density at radius 1 is 0.288 bits per heavy atom. The minimum atomic E-state index is -0.802. The summed E-state index contributed by atoms with van der Waals surface area (Å²) in [5.74, 6) is -0.949. The van der Waals surface area contributed by atoms with Gasteiger partial charge in [0.15, 0.2) is 6.10 Å². The van der Waals surface area contributed by atoms with Gasteiger partial charge in [-0.05, 0) is 109 Å². The molecule has 73 heavy (non-hydrogen) atoms. The van der Waals surface area contributed by atoms with Crippen molar-refractivity contribution in [2.75, 3.05) is 13.2 Å². The lowest BCUT2D eigenvalue weighted by Gasteiger charge is -2.18. The zero-order valence-corrected chi connectivity index (χ0v) is 48.1. The summed E-state index contributed by atoms with van der Waals surface area (Å²) in [5.41, 5.74) is 0. The van der Waals surface area contributed by atoms with E-state index in [1.807, 2.05) is 0 Å². The molecule has 6 heteroatoms.